The molecule has 8 nitrogen and oxygen atoms in total. The highest BCUT2D eigenvalue weighted by Gasteiger charge is 2.29. The highest BCUT2D eigenvalue weighted by atomic mass is 79.9. The molecule has 1 aliphatic heterocycles. The summed E-state index contributed by atoms with van der Waals surface area (Å²) in [4.78, 5) is 29.6. The fourth-order valence-electron chi connectivity index (χ4n) is 4.27. The Kier molecular flexibility index (Phi) is 6.97. The molecule has 0 spiro atoms. The zero-order valence-corrected chi connectivity index (χ0v) is 20.3. The third-order valence-corrected chi connectivity index (χ3v) is 6.59. The lowest BCUT2D eigenvalue weighted by Gasteiger charge is -2.38. The Labute approximate surface area is 203 Å². The van der Waals surface area contributed by atoms with Gasteiger partial charge in [0.1, 0.15) is 11.6 Å². The minimum absolute atomic E-state index is 0.0387. The first-order valence-corrected chi connectivity index (χ1v) is 11.7. The highest BCUT2D eigenvalue weighted by Crippen LogP contribution is 2.39. The van der Waals surface area contributed by atoms with Gasteiger partial charge in [-0.2, -0.15) is 0 Å². The minimum Gasteiger partial charge on any atom is -0.493 e. The van der Waals surface area contributed by atoms with Crippen LogP contribution in [0.3, 0.4) is 0 Å². The third-order valence-electron chi connectivity index (χ3n) is 5.96. The van der Waals surface area contributed by atoms with E-state index in [1.54, 1.807) is 12.1 Å². The fourth-order valence-corrected chi connectivity index (χ4v) is 4.80. The molecule has 2 unspecified atom stereocenters. The lowest BCUT2D eigenvalue weighted by molar-refractivity contribution is -0.139. The Hall–Kier alpha value is -3.27. The van der Waals surface area contributed by atoms with Gasteiger partial charge in [-0.3, -0.25) is 9.59 Å². The number of aromatic nitrogens is 1. The van der Waals surface area contributed by atoms with Gasteiger partial charge in [0.25, 0.3) is 11.8 Å². The molecular weight excluding hydrogens is 507 g/mol. The summed E-state index contributed by atoms with van der Waals surface area (Å²) in [6, 6.07) is 9.00. The molecule has 10 heteroatoms. The standard InChI is InChI=1S/C24H24BrFN4O4/c1-13-4-3-5-14(2)30(13)20(31)12-34-17-8-6-15(7-9-17)23(32)29-28-22-18-10-16(26)11-19(25)21(18)27-24(22)33/h6-11,13-14,27,33H,3-5,12H2,1-2H3. The lowest BCUT2D eigenvalue weighted by Crippen LogP contribution is -2.49. The molecule has 2 atom stereocenters. The third kappa shape index (κ3) is 4.96. The van der Waals surface area contributed by atoms with E-state index in [-0.39, 0.29) is 47.1 Å². The number of hydrogen-bond donors (Lipinski definition) is 2. The van der Waals surface area contributed by atoms with E-state index in [9.17, 15) is 19.1 Å². The van der Waals surface area contributed by atoms with Crippen LogP contribution in [-0.2, 0) is 4.79 Å². The van der Waals surface area contributed by atoms with Gasteiger partial charge >= 0.3 is 0 Å². The molecule has 178 valence electrons. The quantitative estimate of drug-likeness (QED) is 0.402. The molecule has 1 fully saturated rings. The van der Waals surface area contributed by atoms with Gasteiger partial charge in [0.2, 0.25) is 5.88 Å². The number of aromatic amines is 1. The lowest BCUT2D eigenvalue weighted by atomic mass is 9.97. The minimum atomic E-state index is -0.650. The van der Waals surface area contributed by atoms with E-state index in [1.807, 2.05) is 18.7 Å². The number of rotatable bonds is 5. The Morgan fingerprint density at radius 2 is 1.88 bits per heavy atom. The molecule has 0 aliphatic carbocycles. The maximum absolute atomic E-state index is 13.7. The van der Waals surface area contributed by atoms with E-state index in [0.29, 0.717) is 15.7 Å². The summed E-state index contributed by atoms with van der Waals surface area (Å²) in [5.74, 6) is -1.12. The molecular formula is C24H24BrFN4O4. The van der Waals surface area contributed by atoms with Crippen LogP contribution in [0.5, 0.6) is 11.6 Å². The van der Waals surface area contributed by atoms with Gasteiger partial charge in [-0.05, 0) is 85.4 Å². The second-order valence-corrected chi connectivity index (χ2v) is 9.23. The number of piperidine rings is 1. The van der Waals surface area contributed by atoms with Crippen LogP contribution in [0.1, 0.15) is 43.5 Å². The predicted octanol–water partition coefficient (Wildman–Crippen LogP) is 5.87. The van der Waals surface area contributed by atoms with E-state index in [0.717, 1.165) is 19.3 Å². The van der Waals surface area contributed by atoms with Crippen LogP contribution >= 0.6 is 15.9 Å². The number of H-pyrrole nitrogens is 1. The molecule has 0 bridgehead atoms. The smallest absolute Gasteiger partial charge is 0.295 e. The number of nitrogens with zero attached hydrogens (tertiary/aromatic N) is 3. The van der Waals surface area contributed by atoms with E-state index in [4.69, 9.17) is 4.74 Å². The number of hydrogen-bond acceptors (Lipinski definition) is 5. The summed E-state index contributed by atoms with van der Waals surface area (Å²) < 4.78 is 19.8. The van der Waals surface area contributed by atoms with Crippen molar-refractivity contribution in [3.05, 3.63) is 52.3 Å². The summed E-state index contributed by atoms with van der Waals surface area (Å²) in [7, 11) is 0. The summed E-state index contributed by atoms with van der Waals surface area (Å²) in [6.45, 7) is 4.02. The van der Waals surface area contributed by atoms with Gasteiger partial charge in [0.15, 0.2) is 12.3 Å². The van der Waals surface area contributed by atoms with Crippen LogP contribution in [0.2, 0.25) is 0 Å². The van der Waals surface area contributed by atoms with Crippen molar-refractivity contribution >= 4 is 44.3 Å². The molecule has 2 heterocycles. The van der Waals surface area contributed by atoms with Crippen LogP contribution in [0, 0.1) is 5.82 Å². The number of benzene rings is 2. The maximum Gasteiger partial charge on any atom is 0.295 e. The molecule has 2 amide bonds. The number of carbonyl (C=O) groups excluding carboxylic acids is 2. The van der Waals surface area contributed by atoms with Crippen molar-refractivity contribution in [3.8, 4) is 11.6 Å². The number of aromatic hydroxyl groups is 1. The summed E-state index contributed by atoms with van der Waals surface area (Å²) >= 11 is 3.21. The van der Waals surface area contributed by atoms with Gasteiger partial charge in [-0.25, -0.2) is 4.39 Å². The van der Waals surface area contributed by atoms with Gasteiger partial charge in [0.05, 0.1) is 5.52 Å². The van der Waals surface area contributed by atoms with E-state index in [1.165, 1.54) is 24.3 Å². The first-order chi connectivity index (χ1) is 16.2. The number of nitrogens with one attached hydrogen (secondary N) is 1. The summed E-state index contributed by atoms with van der Waals surface area (Å²) in [5.41, 5.74) is 0.639. The van der Waals surface area contributed by atoms with Crippen LogP contribution < -0.4 is 4.74 Å². The van der Waals surface area contributed by atoms with E-state index < -0.39 is 11.7 Å². The van der Waals surface area contributed by atoms with Crippen molar-refractivity contribution in [1.29, 1.82) is 0 Å². The molecule has 2 N–H and O–H groups in total. The Balaban J connectivity index is 1.41. The predicted molar refractivity (Wildman–Crippen MR) is 128 cm³/mol. The van der Waals surface area contributed by atoms with Crippen molar-refractivity contribution in [1.82, 2.24) is 9.88 Å². The van der Waals surface area contributed by atoms with E-state index in [2.05, 4.69) is 31.1 Å². The molecule has 1 saturated heterocycles. The molecule has 3 aromatic rings. The fraction of sp³-hybridized carbons (Fsp3) is 0.333. The van der Waals surface area contributed by atoms with Gasteiger partial charge < -0.3 is 19.7 Å². The molecule has 1 aliphatic rings. The molecule has 4 rings (SSSR count). The second kappa shape index (κ2) is 9.92. The maximum atomic E-state index is 13.7. The number of halogens is 2. The van der Waals surface area contributed by atoms with Crippen molar-refractivity contribution < 1.29 is 23.8 Å². The molecule has 0 saturated carbocycles. The van der Waals surface area contributed by atoms with Crippen LogP contribution in [0.4, 0.5) is 10.1 Å². The average Bonchev–Trinajstić information content (AvgIpc) is 3.11. The number of carbonyl (C=O) groups is 2. The summed E-state index contributed by atoms with van der Waals surface area (Å²) in [5, 5.41) is 17.9. The van der Waals surface area contributed by atoms with Gasteiger partial charge in [-0.15, -0.1) is 10.2 Å². The molecule has 0 radical (unpaired) electrons. The zero-order chi connectivity index (χ0) is 24.4. The number of azo groups is 1. The summed E-state index contributed by atoms with van der Waals surface area (Å²) in [6.07, 6.45) is 3.10. The Bertz CT molecular complexity index is 1250. The highest BCUT2D eigenvalue weighted by molar-refractivity contribution is 9.10. The first kappa shape index (κ1) is 23.9. The van der Waals surface area contributed by atoms with Crippen molar-refractivity contribution in [2.24, 2.45) is 10.2 Å². The SMILES string of the molecule is CC1CCCC(C)N1C(=O)COc1ccc(C(=O)N=Nc2c(O)[nH]c3c(Br)cc(F)cc23)cc1. The van der Waals surface area contributed by atoms with Crippen molar-refractivity contribution in [2.45, 2.75) is 45.2 Å². The number of amides is 2. The second-order valence-electron chi connectivity index (χ2n) is 8.38. The van der Waals surface area contributed by atoms with Gasteiger partial charge in [-0.1, -0.05) is 0 Å². The van der Waals surface area contributed by atoms with Gasteiger partial charge in [0, 0.05) is 27.5 Å². The topological polar surface area (TPSA) is 107 Å². The van der Waals surface area contributed by atoms with Crippen LogP contribution in [0.25, 0.3) is 10.9 Å². The van der Waals surface area contributed by atoms with E-state index >= 15 is 0 Å². The van der Waals surface area contributed by atoms with Crippen LogP contribution in [-0.4, -0.2) is 45.5 Å². The number of likely N-dealkylation sites (tertiary alicyclic amines) is 1. The van der Waals surface area contributed by atoms with Crippen LogP contribution in [0.15, 0.2) is 51.1 Å². The first-order valence-electron chi connectivity index (χ1n) is 10.9. The van der Waals surface area contributed by atoms with Crippen molar-refractivity contribution in [3.63, 3.8) is 0 Å². The molecule has 2 aromatic carbocycles. The normalized spacial score (nSPS) is 18.5. The monoisotopic (exact) mass is 530 g/mol. The number of fused-ring (bicyclic) bond motifs is 1. The zero-order valence-electron chi connectivity index (χ0n) is 18.7. The molecule has 1 aromatic heterocycles. The molecule has 34 heavy (non-hydrogen) atoms. The Morgan fingerprint density at radius 3 is 2.56 bits per heavy atom. The average molecular weight is 531 g/mol. The Morgan fingerprint density at radius 1 is 1.21 bits per heavy atom. The largest absolute Gasteiger partial charge is 0.493 e. The van der Waals surface area contributed by atoms with Crippen molar-refractivity contribution in [2.75, 3.05) is 6.61 Å². The number of ether oxygens (including phenoxy) is 1.